The summed E-state index contributed by atoms with van der Waals surface area (Å²) < 4.78 is 13.4. The molecule has 166 valence electrons. The van der Waals surface area contributed by atoms with Crippen molar-refractivity contribution in [3.05, 3.63) is 82.3 Å². The van der Waals surface area contributed by atoms with Crippen molar-refractivity contribution in [2.45, 2.75) is 12.5 Å². The number of esters is 2. The van der Waals surface area contributed by atoms with Crippen LogP contribution in [0.3, 0.4) is 0 Å². The molecule has 1 aliphatic rings. The SMILES string of the molecule is COC(=O)[C@H]1[C@H](C(=O)OC)Cc2c(c(=O)n(-c3ccccc3)n2C)[C@@H]1Nc1ccccc1. The summed E-state index contributed by atoms with van der Waals surface area (Å²) in [7, 11) is 4.35. The molecule has 0 spiro atoms. The van der Waals surface area contributed by atoms with E-state index in [2.05, 4.69) is 5.32 Å². The van der Waals surface area contributed by atoms with Gasteiger partial charge in [0.15, 0.2) is 0 Å². The van der Waals surface area contributed by atoms with Gasteiger partial charge >= 0.3 is 11.9 Å². The number of ether oxygens (including phenoxy) is 2. The van der Waals surface area contributed by atoms with Crippen LogP contribution in [0.1, 0.15) is 17.3 Å². The summed E-state index contributed by atoms with van der Waals surface area (Å²) in [5.74, 6) is -2.84. The van der Waals surface area contributed by atoms with Crippen LogP contribution >= 0.6 is 0 Å². The molecule has 1 aliphatic carbocycles. The van der Waals surface area contributed by atoms with E-state index in [1.807, 2.05) is 60.7 Å². The number of nitrogens with zero attached hydrogens (tertiary/aromatic N) is 2. The van der Waals surface area contributed by atoms with Gasteiger partial charge in [-0.2, -0.15) is 0 Å². The molecule has 32 heavy (non-hydrogen) atoms. The molecule has 8 nitrogen and oxygen atoms in total. The fourth-order valence-electron chi connectivity index (χ4n) is 4.52. The molecule has 0 radical (unpaired) electrons. The average Bonchev–Trinajstić information content (AvgIpc) is 3.08. The normalized spacial score (nSPS) is 19.7. The van der Waals surface area contributed by atoms with Crippen LogP contribution in [-0.4, -0.2) is 35.5 Å². The third kappa shape index (κ3) is 3.57. The summed E-state index contributed by atoms with van der Waals surface area (Å²) in [6, 6.07) is 17.7. The van der Waals surface area contributed by atoms with E-state index in [0.717, 1.165) is 5.69 Å². The Bertz CT molecular complexity index is 1180. The van der Waals surface area contributed by atoms with Gasteiger partial charge in [-0.25, -0.2) is 4.68 Å². The fourth-order valence-corrected chi connectivity index (χ4v) is 4.52. The lowest BCUT2D eigenvalue weighted by molar-refractivity contribution is -0.159. The van der Waals surface area contributed by atoms with Gasteiger partial charge in [-0.1, -0.05) is 36.4 Å². The van der Waals surface area contributed by atoms with Crippen molar-refractivity contribution >= 4 is 17.6 Å². The Morgan fingerprint density at radius 1 is 0.938 bits per heavy atom. The van der Waals surface area contributed by atoms with E-state index in [1.54, 1.807) is 16.4 Å². The number of methoxy groups -OCH3 is 2. The molecular weight excluding hydrogens is 410 g/mol. The smallest absolute Gasteiger partial charge is 0.312 e. The molecule has 0 fully saturated rings. The molecule has 0 unspecified atom stereocenters. The monoisotopic (exact) mass is 435 g/mol. The number of rotatable bonds is 5. The van der Waals surface area contributed by atoms with Gasteiger partial charge in [0.05, 0.1) is 43.3 Å². The van der Waals surface area contributed by atoms with Crippen LogP contribution in [0.5, 0.6) is 0 Å². The topological polar surface area (TPSA) is 91.6 Å². The van der Waals surface area contributed by atoms with E-state index in [-0.39, 0.29) is 12.0 Å². The Balaban J connectivity index is 1.95. The molecule has 0 amide bonds. The quantitative estimate of drug-likeness (QED) is 0.619. The Labute approximate surface area is 185 Å². The summed E-state index contributed by atoms with van der Waals surface area (Å²) in [5.41, 5.74) is 2.27. The second kappa shape index (κ2) is 8.74. The van der Waals surface area contributed by atoms with E-state index in [0.29, 0.717) is 16.9 Å². The van der Waals surface area contributed by atoms with Gasteiger partial charge in [-0.15, -0.1) is 0 Å². The fraction of sp³-hybridized carbons (Fsp3) is 0.292. The molecule has 3 atom stereocenters. The summed E-state index contributed by atoms with van der Waals surface area (Å²) in [5, 5.41) is 3.31. The molecule has 1 heterocycles. The molecule has 3 aromatic rings. The van der Waals surface area contributed by atoms with Crippen molar-refractivity contribution < 1.29 is 19.1 Å². The van der Waals surface area contributed by atoms with Crippen LogP contribution in [-0.2, 0) is 32.5 Å². The van der Waals surface area contributed by atoms with Crippen molar-refractivity contribution in [2.24, 2.45) is 18.9 Å². The molecule has 0 saturated carbocycles. The van der Waals surface area contributed by atoms with Crippen LogP contribution < -0.4 is 10.9 Å². The summed E-state index contributed by atoms with van der Waals surface area (Å²) >= 11 is 0. The first kappa shape index (κ1) is 21.4. The van der Waals surface area contributed by atoms with Gasteiger partial charge in [-0.3, -0.25) is 19.1 Å². The van der Waals surface area contributed by atoms with Crippen LogP contribution in [0.2, 0.25) is 0 Å². The van der Waals surface area contributed by atoms with E-state index >= 15 is 0 Å². The van der Waals surface area contributed by atoms with Gasteiger partial charge in [0.2, 0.25) is 0 Å². The maximum atomic E-state index is 13.7. The molecule has 0 saturated heterocycles. The van der Waals surface area contributed by atoms with Crippen molar-refractivity contribution in [1.82, 2.24) is 9.36 Å². The number of nitrogens with one attached hydrogen (secondary N) is 1. The largest absolute Gasteiger partial charge is 0.469 e. The Hall–Kier alpha value is -3.81. The van der Waals surface area contributed by atoms with Crippen molar-refractivity contribution in [3.8, 4) is 5.69 Å². The molecule has 0 bridgehead atoms. The highest BCUT2D eigenvalue weighted by Crippen LogP contribution is 2.40. The number of hydrogen-bond acceptors (Lipinski definition) is 6. The molecule has 8 heteroatoms. The first-order valence-electron chi connectivity index (χ1n) is 10.3. The summed E-state index contributed by atoms with van der Waals surface area (Å²) in [6.07, 6.45) is 0.181. The number of carbonyl (C=O) groups is 2. The van der Waals surface area contributed by atoms with Crippen molar-refractivity contribution in [3.63, 3.8) is 0 Å². The first-order chi connectivity index (χ1) is 15.5. The lowest BCUT2D eigenvalue weighted by atomic mass is 9.74. The van der Waals surface area contributed by atoms with E-state index in [9.17, 15) is 14.4 Å². The highest BCUT2D eigenvalue weighted by Gasteiger charge is 2.49. The third-order valence-electron chi connectivity index (χ3n) is 6.02. The zero-order valence-corrected chi connectivity index (χ0v) is 18.1. The predicted molar refractivity (Wildman–Crippen MR) is 119 cm³/mol. The summed E-state index contributed by atoms with van der Waals surface area (Å²) in [6.45, 7) is 0. The van der Waals surface area contributed by atoms with Gasteiger partial charge in [0.1, 0.15) is 0 Å². The van der Waals surface area contributed by atoms with Crippen LogP contribution in [0.4, 0.5) is 5.69 Å². The van der Waals surface area contributed by atoms with E-state index in [1.165, 1.54) is 14.2 Å². The lowest BCUT2D eigenvalue weighted by Gasteiger charge is -2.35. The van der Waals surface area contributed by atoms with E-state index < -0.39 is 29.8 Å². The number of anilines is 1. The predicted octanol–water partition coefficient (Wildman–Crippen LogP) is 2.46. The second-order valence-corrected chi connectivity index (χ2v) is 7.71. The minimum absolute atomic E-state index is 0.181. The minimum atomic E-state index is -0.931. The van der Waals surface area contributed by atoms with Crippen LogP contribution in [0.25, 0.3) is 5.69 Å². The van der Waals surface area contributed by atoms with Gasteiger partial charge in [0.25, 0.3) is 5.56 Å². The molecular formula is C24H25N3O5. The highest BCUT2D eigenvalue weighted by atomic mass is 16.5. The molecule has 1 aromatic heterocycles. The van der Waals surface area contributed by atoms with E-state index in [4.69, 9.17) is 9.47 Å². The summed E-state index contributed by atoms with van der Waals surface area (Å²) in [4.78, 5) is 39.3. The minimum Gasteiger partial charge on any atom is -0.469 e. The Kier molecular flexibility index (Phi) is 5.85. The zero-order valence-electron chi connectivity index (χ0n) is 18.1. The molecule has 4 rings (SSSR count). The number of benzene rings is 2. The number of carbonyl (C=O) groups excluding carboxylic acids is 2. The van der Waals surface area contributed by atoms with Crippen molar-refractivity contribution in [1.29, 1.82) is 0 Å². The Morgan fingerprint density at radius 2 is 1.53 bits per heavy atom. The maximum Gasteiger partial charge on any atom is 0.312 e. The van der Waals surface area contributed by atoms with Gasteiger partial charge < -0.3 is 14.8 Å². The van der Waals surface area contributed by atoms with Crippen LogP contribution in [0.15, 0.2) is 65.5 Å². The molecule has 2 aromatic carbocycles. The Morgan fingerprint density at radius 3 is 2.12 bits per heavy atom. The van der Waals surface area contributed by atoms with Gasteiger partial charge in [0, 0.05) is 24.8 Å². The van der Waals surface area contributed by atoms with Crippen molar-refractivity contribution in [2.75, 3.05) is 19.5 Å². The van der Waals surface area contributed by atoms with Gasteiger partial charge in [-0.05, 0) is 24.3 Å². The maximum absolute atomic E-state index is 13.7. The number of aromatic nitrogens is 2. The highest BCUT2D eigenvalue weighted by molar-refractivity contribution is 5.84. The van der Waals surface area contributed by atoms with Crippen LogP contribution in [0, 0.1) is 11.8 Å². The number of para-hydroxylation sites is 2. The first-order valence-corrected chi connectivity index (χ1v) is 10.3. The average molecular weight is 435 g/mol. The lowest BCUT2D eigenvalue weighted by Crippen LogP contribution is -2.44. The second-order valence-electron chi connectivity index (χ2n) is 7.71. The number of hydrogen-bond donors (Lipinski definition) is 1. The molecule has 1 N–H and O–H groups in total. The zero-order chi connectivity index (χ0) is 22.8. The molecule has 0 aliphatic heterocycles. The standard InChI is InChI=1S/C24H25N3O5/c1-26-18-14-17(23(29)31-2)19(24(30)32-3)21(25-15-10-6-4-7-11-15)20(18)22(28)27(26)16-12-8-5-9-13-16/h4-13,17,19,21,25H,14H2,1-3H3/t17-,19+,21-/m1/s1. The third-order valence-corrected chi connectivity index (χ3v) is 6.02. The number of fused-ring (bicyclic) bond motifs is 1.